The van der Waals surface area contributed by atoms with E-state index in [1.165, 1.54) is 6.33 Å². The highest BCUT2D eigenvalue weighted by Gasteiger charge is 2.15. The normalized spacial score (nSPS) is 10.9. The molecule has 0 fully saturated rings. The van der Waals surface area contributed by atoms with E-state index in [1.807, 2.05) is 36.4 Å². The second-order valence-electron chi connectivity index (χ2n) is 7.17. The summed E-state index contributed by atoms with van der Waals surface area (Å²) >= 11 is 6.18. The highest BCUT2D eigenvalue weighted by molar-refractivity contribution is 6.31. The van der Waals surface area contributed by atoms with Gasteiger partial charge in [-0.3, -0.25) is 9.69 Å². The number of hydrogen-bond donors (Lipinski definition) is 1. The number of halogens is 1. The number of hydrogen-bond acceptors (Lipinski definition) is 4. The molecule has 4 aromatic rings. The van der Waals surface area contributed by atoms with Crippen molar-refractivity contribution in [3.05, 3.63) is 108 Å². The summed E-state index contributed by atoms with van der Waals surface area (Å²) in [5.74, 6) is -0.129. The molecule has 7 heteroatoms. The number of amides is 1. The van der Waals surface area contributed by atoms with Crippen LogP contribution in [0.3, 0.4) is 0 Å². The van der Waals surface area contributed by atoms with Crippen LogP contribution in [-0.2, 0) is 17.9 Å². The molecule has 0 aliphatic carbocycles. The van der Waals surface area contributed by atoms with Gasteiger partial charge in [0.05, 0.1) is 17.9 Å². The molecule has 4 rings (SSSR count). The van der Waals surface area contributed by atoms with Gasteiger partial charge in [-0.25, -0.2) is 9.67 Å². The predicted octanol–water partition coefficient (Wildman–Crippen LogP) is 4.56. The van der Waals surface area contributed by atoms with Gasteiger partial charge in [-0.1, -0.05) is 72.3 Å². The van der Waals surface area contributed by atoms with Crippen molar-refractivity contribution in [2.24, 2.45) is 0 Å². The Morgan fingerprint density at radius 2 is 1.58 bits per heavy atom. The van der Waals surface area contributed by atoms with Gasteiger partial charge in [0, 0.05) is 18.1 Å². The second-order valence-corrected chi connectivity index (χ2v) is 7.60. The van der Waals surface area contributed by atoms with Crippen molar-refractivity contribution in [2.75, 3.05) is 11.9 Å². The maximum Gasteiger partial charge on any atom is 0.238 e. The Hall–Kier alpha value is -3.48. The summed E-state index contributed by atoms with van der Waals surface area (Å²) in [6, 6.07) is 25.5. The third-order valence-corrected chi connectivity index (χ3v) is 5.00. The van der Waals surface area contributed by atoms with Crippen LogP contribution < -0.4 is 5.32 Å². The van der Waals surface area contributed by atoms with Crippen LogP contribution in [-0.4, -0.2) is 32.1 Å². The predicted molar refractivity (Wildman–Crippen MR) is 122 cm³/mol. The Morgan fingerprint density at radius 1 is 0.935 bits per heavy atom. The van der Waals surface area contributed by atoms with Crippen molar-refractivity contribution in [3.63, 3.8) is 0 Å². The molecule has 0 atom stereocenters. The number of nitrogens with one attached hydrogen (secondary N) is 1. The maximum absolute atomic E-state index is 13.0. The van der Waals surface area contributed by atoms with Gasteiger partial charge in [0.2, 0.25) is 5.91 Å². The lowest BCUT2D eigenvalue weighted by Crippen LogP contribution is -2.32. The van der Waals surface area contributed by atoms with Gasteiger partial charge >= 0.3 is 0 Å². The molecule has 1 amide bonds. The average molecular weight is 432 g/mol. The van der Waals surface area contributed by atoms with Gasteiger partial charge in [0.25, 0.3) is 0 Å². The molecule has 0 aliphatic rings. The lowest BCUT2D eigenvalue weighted by atomic mass is 10.1. The zero-order valence-corrected chi connectivity index (χ0v) is 17.6. The molecule has 31 heavy (non-hydrogen) atoms. The molecule has 0 saturated heterocycles. The Morgan fingerprint density at radius 3 is 2.16 bits per heavy atom. The number of rotatable bonds is 8. The fraction of sp³-hybridized carbons (Fsp3) is 0.125. The largest absolute Gasteiger partial charge is 0.323 e. The average Bonchev–Trinajstić information content (AvgIpc) is 3.30. The molecule has 1 aromatic heterocycles. The lowest BCUT2D eigenvalue weighted by molar-refractivity contribution is -0.117. The summed E-state index contributed by atoms with van der Waals surface area (Å²) in [6.45, 7) is 1.55. The standard InChI is InChI=1S/C24H22ClN5O/c25-21-11-12-23(30-18-26-17-27-30)22(13-21)28-24(31)16-29(14-19-7-3-1-4-8-19)15-20-9-5-2-6-10-20/h1-13,17-18H,14-16H2,(H,28,31). The highest BCUT2D eigenvalue weighted by atomic mass is 35.5. The van der Waals surface area contributed by atoms with Gasteiger partial charge in [-0.05, 0) is 29.3 Å². The van der Waals surface area contributed by atoms with Crippen LogP contribution >= 0.6 is 11.6 Å². The summed E-state index contributed by atoms with van der Waals surface area (Å²) in [6.07, 6.45) is 3.03. The minimum atomic E-state index is -0.129. The summed E-state index contributed by atoms with van der Waals surface area (Å²) < 4.78 is 1.59. The molecule has 0 unspecified atom stereocenters. The molecule has 0 radical (unpaired) electrons. The summed E-state index contributed by atoms with van der Waals surface area (Å²) in [5, 5.41) is 7.68. The van der Waals surface area contributed by atoms with Crippen LogP contribution in [0.25, 0.3) is 5.69 Å². The Labute approximate surface area is 186 Å². The van der Waals surface area contributed by atoms with Crippen LogP contribution in [0.5, 0.6) is 0 Å². The molecular formula is C24H22ClN5O. The number of nitrogens with zero attached hydrogens (tertiary/aromatic N) is 4. The molecule has 3 aromatic carbocycles. The van der Waals surface area contributed by atoms with Gasteiger partial charge in [0.15, 0.2) is 0 Å². The molecule has 1 N–H and O–H groups in total. The molecule has 0 bridgehead atoms. The zero-order chi connectivity index (χ0) is 21.5. The molecule has 0 spiro atoms. The lowest BCUT2D eigenvalue weighted by Gasteiger charge is -2.22. The van der Waals surface area contributed by atoms with Crippen molar-refractivity contribution >= 4 is 23.2 Å². The van der Waals surface area contributed by atoms with E-state index in [4.69, 9.17) is 11.6 Å². The third kappa shape index (κ3) is 5.78. The van der Waals surface area contributed by atoms with E-state index in [9.17, 15) is 4.79 Å². The van der Waals surface area contributed by atoms with Crippen LogP contribution in [0.1, 0.15) is 11.1 Å². The minimum Gasteiger partial charge on any atom is -0.323 e. The van der Waals surface area contributed by atoms with Crippen molar-refractivity contribution in [3.8, 4) is 5.69 Å². The number of aromatic nitrogens is 3. The first-order valence-electron chi connectivity index (χ1n) is 9.92. The molecule has 1 heterocycles. The van der Waals surface area contributed by atoms with E-state index in [0.717, 1.165) is 11.1 Å². The van der Waals surface area contributed by atoms with Gasteiger partial charge in [0.1, 0.15) is 12.7 Å². The molecule has 0 aliphatic heterocycles. The first kappa shape index (κ1) is 20.8. The topological polar surface area (TPSA) is 63.1 Å². The van der Waals surface area contributed by atoms with E-state index in [1.54, 1.807) is 29.2 Å². The van der Waals surface area contributed by atoms with Crippen LogP contribution in [0, 0.1) is 0 Å². The fourth-order valence-electron chi connectivity index (χ4n) is 3.38. The third-order valence-electron chi connectivity index (χ3n) is 4.76. The number of carbonyl (C=O) groups excluding carboxylic acids is 1. The smallest absolute Gasteiger partial charge is 0.238 e. The van der Waals surface area contributed by atoms with Crippen molar-refractivity contribution < 1.29 is 4.79 Å². The van der Waals surface area contributed by atoms with E-state index < -0.39 is 0 Å². The summed E-state index contributed by atoms with van der Waals surface area (Å²) in [4.78, 5) is 19.1. The molecule has 156 valence electrons. The number of anilines is 1. The van der Waals surface area contributed by atoms with Gasteiger partial charge in [-0.2, -0.15) is 5.10 Å². The minimum absolute atomic E-state index is 0.129. The SMILES string of the molecule is O=C(CN(Cc1ccccc1)Cc1ccccc1)Nc1cc(Cl)ccc1-n1cncn1. The van der Waals surface area contributed by atoms with Gasteiger partial charge in [-0.15, -0.1) is 0 Å². The van der Waals surface area contributed by atoms with Crippen molar-refractivity contribution in [1.29, 1.82) is 0 Å². The van der Waals surface area contributed by atoms with Gasteiger partial charge < -0.3 is 5.32 Å². The fourth-order valence-corrected chi connectivity index (χ4v) is 3.56. The van der Waals surface area contributed by atoms with Crippen LogP contribution in [0.4, 0.5) is 5.69 Å². The first-order chi connectivity index (χ1) is 15.2. The Kier molecular flexibility index (Phi) is 6.72. The summed E-state index contributed by atoms with van der Waals surface area (Å²) in [7, 11) is 0. The Balaban J connectivity index is 1.52. The molecule has 6 nitrogen and oxygen atoms in total. The summed E-state index contributed by atoms with van der Waals surface area (Å²) in [5.41, 5.74) is 3.59. The van der Waals surface area contributed by atoms with E-state index in [0.29, 0.717) is 29.5 Å². The number of benzene rings is 3. The zero-order valence-electron chi connectivity index (χ0n) is 16.9. The molecular weight excluding hydrogens is 410 g/mol. The van der Waals surface area contributed by atoms with E-state index >= 15 is 0 Å². The second kappa shape index (κ2) is 10.0. The monoisotopic (exact) mass is 431 g/mol. The maximum atomic E-state index is 13.0. The van der Waals surface area contributed by atoms with Crippen molar-refractivity contribution in [1.82, 2.24) is 19.7 Å². The number of carbonyl (C=O) groups is 1. The Bertz CT molecular complexity index is 1080. The van der Waals surface area contributed by atoms with Crippen molar-refractivity contribution in [2.45, 2.75) is 13.1 Å². The van der Waals surface area contributed by atoms with Crippen LogP contribution in [0.15, 0.2) is 91.5 Å². The molecule has 0 saturated carbocycles. The highest BCUT2D eigenvalue weighted by Crippen LogP contribution is 2.24. The quantitative estimate of drug-likeness (QED) is 0.444. The first-order valence-corrected chi connectivity index (χ1v) is 10.3. The van der Waals surface area contributed by atoms with E-state index in [2.05, 4.69) is 44.6 Å². The van der Waals surface area contributed by atoms with E-state index in [-0.39, 0.29) is 12.5 Å². The van der Waals surface area contributed by atoms with Crippen LogP contribution in [0.2, 0.25) is 5.02 Å².